The summed E-state index contributed by atoms with van der Waals surface area (Å²) in [6, 6.07) is 14.6. The lowest BCUT2D eigenvalue weighted by Gasteiger charge is -2.25. The van der Waals surface area contributed by atoms with Gasteiger partial charge in [0.1, 0.15) is 5.82 Å². The van der Waals surface area contributed by atoms with Crippen LogP contribution in [0.25, 0.3) is 0 Å². The van der Waals surface area contributed by atoms with Crippen LogP contribution in [0.15, 0.2) is 54.6 Å². The Labute approximate surface area is 140 Å². The molecule has 4 nitrogen and oxygen atoms in total. The number of hydrogen-bond acceptors (Lipinski definition) is 3. The minimum atomic E-state index is -0.967. The molecule has 0 aliphatic carbocycles. The first-order chi connectivity index (χ1) is 11.3. The highest BCUT2D eigenvalue weighted by Gasteiger charge is 2.33. The van der Waals surface area contributed by atoms with Gasteiger partial charge in [-0.3, -0.25) is 9.59 Å². The Hall–Kier alpha value is -2.69. The summed E-state index contributed by atoms with van der Waals surface area (Å²) in [5.41, 5.74) is 0.374. The number of carbonyl (C=O) groups is 2. The van der Waals surface area contributed by atoms with Crippen molar-refractivity contribution < 1.29 is 18.7 Å². The van der Waals surface area contributed by atoms with E-state index >= 15 is 0 Å². The first kappa shape index (κ1) is 17.7. The molecule has 5 heteroatoms. The van der Waals surface area contributed by atoms with Gasteiger partial charge in [0.15, 0.2) is 6.10 Å². The van der Waals surface area contributed by atoms with E-state index in [2.05, 4.69) is 5.32 Å². The van der Waals surface area contributed by atoms with Crippen molar-refractivity contribution in [2.45, 2.75) is 32.3 Å². The number of halogens is 1. The highest BCUT2D eigenvalue weighted by molar-refractivity contribution is 5.95. The molecule has 0 aromatic heterocycles. The van der Waals surface area contributed by atoms with Crippen molar-refractivity contribution in [2.75, 3.05) is 5.32 Å². The maximum atomic E-state index is 12.9. The number of benzene rings is 2. The number of anilines is 1. The van der Waals surface area contributed by atoms with Crippen LogP contribution in [-0.2, 0) is 19.7 Å². The lowest BCUT2D eigenvalue weighted by Crippen LogP contribution is -2.37. The van der Waals surface area contributed by atoms with Crippen LogP contribution < -0.4 is 5.32 Å². The molecular weight excluding hydrogens is 309 g/mol. The third kappa shape index (κ3) is 4.19. The summed E-state index contributed by atoms with van der Waals surface area (Å²) in [6.07, 6.45) is -0.967. The van der Waals surface area contributed by atoms with E-state index in [0.29, 0.717) is 5.69 Å². The fraction of sp³-hybridized carbons (Fsp3) is 0.263. The van der Waals surface area contributed by atoms with Gasteiger partial charge in [-0.25, -0.2) is 4.39 Å². The molecule has 2 aromatic carbocycles. The quantitative estimate of drug-likeness (QED) is 0.852. The molecule has 0 saturated heterocycles. The second-order valence-electron chi connectivity index (χ2n) is 6.03. The Morgan fingerprint density at radius 3 is 2.21 bits per heavy atom. The SMILES string of the molecule is C[C@@H](OC(=O)C(C)(C)c1ccccc1)C(=O)Nc1ccc(F)cc1. The van der Waals surface area contributed by atoms with E-state index < -0.39 is 29.2 Å². The van der Waals surface area contributed by atoms with Crippen LogP contribution in [0, 0.1) is 5.82 Å². The molecule has 0 spiro atoms. The molecule has 24 heavy (non-hydrogen) atoms. The van der Waals surface area contributed by atoms with Crippen LogP contribution in [0.1, 0.15) is 26.3 Å². The van der Waals surface area contributed by atoms with E-state index in [1.807, 2.05) is 30.3 Å². The number of amides is 1. The Balaban J connectivity index is 2.00. The number of nitrogens with one attached hydrogen (secondary N) is 1. The number of carbonyl (C=O) groups excluding carboxylic acids is 2. The summed E-state index contributed by atoms with van der Waals surface area (Å²) in [6.45, 7) is 4.99. The van der Waals surface area contributed by atoms with Gasteiger partial charge >= 0.3 is 5.97 Å². The van der Waals surface area contributed by atoms with Crippen LogP contribution in [0.4, 0.5) is 10.1 Å². The van der Waals surface area contributed by atoms with E-state index in [4.69, 9.17) is 4.74 Å². The van der Waals surface area contributed by atoms with Gasteiger partial charge in [-0.05, 0) is 50.6 Å². The van der Waals surface area contributed by atoms with Crippen LogP contribution in [0.3, 0.4) is 0 Å². The second kappa shape index (κ2) is 7.25. The Morgan fingerprint density at radius 2 is 1.62 bits per heavy atom. The smallest absolute Gasteiger partial charge is 0.316 e. The summed E-state index contributed by atoms with van der Waals surface area (Å²) in [7, 11) is 0. The first-order valence-corrected chi connectivity index (χ1v) is 7.64. The minimum Gasteiger partial charge on any atom is -0.452 e. The molecule has 1 atom stereocenters. The maximum Gasteiger partial charge on any atom is 0.316 e. The lowest BCUT2D eigenvalue weighted by molar-refractivity contribution is -0.158. The molecule has 0 unspecified atom stereocenters. The summed E-state index contributed by atoms with van der Waals surface area (Å²) < 4.78 is 18.2. The fourth-order valence-corrected chi connectivity index (χ4v) is 2.11. The van der Waals surface area contributed by atoms with Crippen molar-refractivity contribution in [3.63, 3.8) is 0 Å². The molecule has 126 valence electrons. The minimum absolute atomic E-state index is 0.392. The standard InChI is InChI=1S/C19H20FNO3/c1-13(17(22)21-16-11-9-15(20)10-12-16)24-18(23)19(2,3)14-7-5-4-6-8-14/h4-13H,1-3H3,(H,21,22)/t13-/m1/s1. The molecule has 2 aromatic rings. The summed E-state index contributed by atoms with van der Waals surface area (Å²) in [5.74, 6) is -1.36. The van der Waals surface area contributed by atoms with Crippen molar-refractivity contribution in [1.29, 1.82) is 0 Å². The third-order valence-electron chi connectivity index (χ3n) is 3.77. The van der Waals surface area contributed by atoms with E-state index in [0.717, 1.165) is 5.56 Å². The molecule has 0 aliphatic rings. The van der Waals surface area contributed by atoms with Gasteiger partial charge in [0.05, 0.1) is 5.41 Å². The van der Waals surface area contributed by atoms with Crippen molar-refractivity contribution in [3.8, 4) is 0 Å². The summed E-state index contributed by atoms with van der Waals surface area (Å²) in [5, 5.41) is 2.58. The first-order valence-electron chi connectivity index (χ1n) is 7.64. The highest BCUT2D eigenvalue weighted by atomic mass is 19.1. The van der Waals surface area contributed by atoms with Crippen LogP contribution in [-0.4, -0.2) is 18.0 Å². The van der Waals surface area contributed by atoms with E-state index in [1.54, 1.807) is 13.8 Å². The molecule has 2 rings (SSSR count). The van der Waals surface area contributed by atoms with Crippen LogP contribution in [0.2, 0.25) is 0 Å². The van der Waals surface area contributed by atoms with Gasteiger partial charge in [0, 0.05) is 5.69 Å². The maximum absolute atomic E-state index is 12.9. The van der Waals surface area contributed by atoms with Gasteiger partial charge in [-0.15, -0.1) is 0 Å². The zero-order chi connectivity index (χ0) is 17.7. The Kier molecular flexibility index (Phi) is 5.34. The Bertz CT molecular complexity index is 711. The number of esters is 1. The van der Waals surface area contributed by atoms with Crippen LogP contribution >= 0.6 is 0 Å². The van der Waals surface area contributed by atoms with Crippen molar-refractivity contribution in [3.05, 3.63) is 66.0 Å². The van der Waals surface area contributed by atoms with Gasteiger partial charge in [-0.2, -0.15) is 0 Å². The largest absolute Gasteiger partial charge is 0.452 e. The summed E-state index contributed by atoms with van der Waals surface area (Å²) >= 11 is 0. The molecule has 0 heterocycles. The van der Waals surface area contributed by atoms with E-state index in [1.165, 1.54) is 31.2 Å². The van der Waals surface area contributed by atoms with E-state index in [-0.39, 0.29) is 0 Å². The number of ether oxygens (including phenoxy) is 1. The molecular formula is C19H20FNO3. The monoisotopic (exact) mass is 329 g/mol. The van der Waals surface area contributed by atoms with Crippen molar-refractivity contribution >= 4 is 17.6 Å². The molecule has 0 aliphatic heterocycles. The van der Waals surface area contributed by atoms with E-state index in [9.17, 15) is 14.0 Å². The van der Waals surface area contributed by atoms with Gasteiger partial charge in [-0.1, -0.05) is 30.3 Å². The molecule has 0 bridgehead atoms. The third-order valence-corrected chi connectivity index (χ3v) is 3.77. The van der Waals surface area contributed by atoms with Gasteiger partial charge < -0.3 is 10.1 Å². The molecule has 0 saturated carbocycles. The normalized spacial score (nSPS) is 12.3. The fourth-order valence-electron chi connectivity index (χ4n) is 2.11. The van der Waals surface area contributed by atoms with Gasteiger partial charge in [0.25, 0.3) is 5.91 Å². The number of rotatable bonds is 5. The molecule has 1 N–H and O–H groups in total. The number of hydrogen-bond donors (Lipinski definition) is 1. The Morgan fingerprint density at radius 1 is 1.04 bits per heavy atom. The average Bonchev–Trinajstić information content (AvgIpc) is 2.57. The molecule has 0 radical (unpaired) electrons. The topological polar surface area (TPSA) is 55.4 Å². The zero-order valence-corrected chi connectivity index (χ0v) is 13.9. The predicted molar refractivity (Wildman–Crippen MR) is 90.1 cm³/mol. The van der Waals surface area contributed by atoms with Crippen molar-refractivity contribution in [2.24, 2.45) is 0 Å². The van der Waals surface area contributed by atoms with Crippen LogP contribution in [0.5, 0.6) is 0 Å². The van der Waals surface area contributed by atoms with Gasteiger partial charge in [0.2, 0.25) is 0 Å². The molecule has 1 amide bonds. The second-order valence-corrected chi connectivity index (χ2v) is 6.03. The summed E-state index contributed by atoms with van der Waals surface area (Å²) in [4.78, 5) is 24.5. The van der Waals surface area contributed by atoms with Crippen molar-refractivity contribution in [1.82, 2.24) is 0 Å². The zero-order valence-electron chi connectivity index (χ0n) is 13.9. The molecule has 0 fully saturated rings. The predicted octanol–water partition coefficient (Wildman–Crippen LogP) is 3.67. The lowest BCUT2D eigenvalue weighted by atomic mass is 9.85. The average molecular weight is 329 g/mol. The highest BCUT2D eigenvalue weighted by Crippen LogP contribution is 2.25.